The smallest absolute Gasteiger partial charge is 0.303 e. The van der Waals surface area contributed by atoms with Gasteiger partial charge in [-0.15, -0.1) is 0 Å². The summed E-state index contributed by atoms with van der Waals surface area (Å²) in [5, 5.41) is 25.2. The fraction of sp³-hybridized carbons (Fsp3) is 0.520. The fourth-order valence-electron chi connectivity index (χ4n) is 2.78. The monoisotopic (exact) mass is 538 g/mol. The molecule has 0 bridgehead atoms. The van der Waals surface area contributed by atoms with Crippen molar-refractivity contribution in [3.05, 3.63) is 30.3 Å². The molecule has 1 atom stereocenters. The molecule has 3 N–H and O–H groups in total. The van der Waals surface area contributed by atoms with Crippen molar-refractivity contribution in [3.63, 3.8) is 0 Å². The zero-order chi connectivity index (χ0) is 29.1. The lowest BCUT2D eigenvalue weighted by Gasteiger charge is -2.38. The molecule has 1 aromatic rings. The Kier molecular flexibility index (Phi) is 16.4. The number of Topliss-reactive ketones (excluding diaryl/α,β-unsaturated/α-hetero) is 1. The van der Waals surface area contributed by atoms with Crippen molar-refractivity contribution in [1.82, 2.24) is 15.3 Å². The molecular weight excluding hydrogens is 500 g/mol. The molecule has 13 heteroatoms. The van der Waals surface area contributed by atoms with E-state index >= 15 is 0 Å². The summed E-state index contributed by atoms with van der Waals surface area (Å²) in [6, 6.07) is 8.86. The van der Waals surface area contributed by atoms with Gasteiger partial charge >= 0.3 is 5.97 Å². The van der Waals surface area contributed by atoms with E-state index < -0.39 is 23.6 Å². The molecule has 0 radical (unpaired) electrons. The Morgan fingerprint density at radius 1 is 1.16 bits per heavy atom. The fourth-order valence-corrected chi connectivity index (χ4v) is 2.78. The lowest BCUT2D eigenvalue weighted by molar-refractivity contribution is -0.201. The number of aliphatic carboxylic acids is 2. The maximum Gasteiger partial charge on any atom is 0.303 e. The van der Waals surface area contributed by atoms with Crippen LogP contribution in [0.15, 0.2) is 35.5 Å². The summed E-state index contributed by atoms with van der Waals surface area (Å²) in [5.74, 6) is -2.05. The zero-order valence-electron chi connectivity index (χ0n) is 22.5. The van der Waals surface area contributed by atoms with Gasteiger partial charge in [0.05, 0.1) is 25.2 Å². The SMILES string of the molecule is CC(=O)O.CCC.CN(N(C=O)CC(=O)COc1ccccc1)C1(C)CC(CNC(=O)CCC(=O)O)=NO1. The number of para-hydroxylation sites is 1. The third kappa shape index (κ3) is 14.5. The van der Waals surface area contributed by atoms with E-state index in [1.807, 2.05) is 6.07 Å². The minimum atomic E-state index is -1.05. The highest BCUT2D eigenvalue weighted by molar-refractivity contribution is 5.91. The Balaban J connectivity index is 0.00000175. The number of carboxylic acid groups (broad SMARTS) is 2. The number of nitrogens with one attached hydrogen (secondary N) is 1. The molecule has 1 heterocycles. The van der Waals surface area contributed by atoms with Crippen molar-refractivity contribution in [1.29, 1.82) is 0 Å². The first kappa shape index (κ1) is 34.0. The Labute approximate surface area is 222 Å². The molecule has 38 heavy (non-hydrogen) atoms. The highest BCUT2D eigenvalue weighted by atomic mass is 16.7. The predicted octanol–water partition coefficient (Wildman–Crippen LogP) is 1.92. The molecule has 0 spiro atoms. The van der Waals surface area contributed by atoms with E-state index in [0.29, 0.717) is 17.9 Å². The molecule has 1 aliphatic rings. The third-order valence-electron chi connectivity index (χ3n) is 4.63. The Bertz CT molecular complexity index is 936. The van der Waals surface area contributed by atoms with Crippen LogP contribution in [0.25, 0.3) is 0 Å². The van der Waals surface area contributed by atoms with Crippen molar-refractivity contribution in [2.75, 3.05) is 26.7 Å². The van der Waals surface area contributed by atoms with Gasteiger partial charge in [0.1, 0.15) is 12.4 Å². The molecule has 13 nitrogen and oxygen atoms in total. The van der Waals surface area contributed by atoms with Crippen molar-refractivity contribution >= 4 is 35.8 Å². The van der Waals surface area contributed by atoms with E-state index in [1.54, 1.807) is 38.2 Å². The van der Waals surface area contributed by atoms with Gasteiger partial charge in [-0.2, -0.15) is 5.01 Å². The highest BCUT2D eigenvalue weighted by Crippen LogP contribution is 2.27. The molecule has 1 aliphatic heterocycles. The largest absolute Gasteiger partial charge is 0.486 e. The summed E-state index contributed by atoms with van der Waals surface area (Å²) in [6.45, 7) is 6.71. The van der Waals surface area contributed by atoms with Crippen molar-refractivity contribution in [2.24, 2.45) is 5.16 Å². The number of oxime groups is 1. The van der Waals surface area contributed by atoms with E-state index in [1.165, 1.54) is 16.4 Å². The summed E-state index contributed by atoms with van der Waals surface area (Å²) in [6.07, 6.45) is 1.64. The van der Waals surface area contributed by atoms with Gasteiger partial charge in [-0.05, 0) is 19.1 Å². The number of benzene rings is 1. The number of ether oxygens (including phenoxy) is 1. The van der Waals surface area contributed by atoms with E-state index in [-0.39, 0.29) is 44.7 Å². The van der Waals surface area contributed by atoms with Gasteiger partial charge < -0.3 is 25.1 Å². The molecule has 1 unspecified atom stereocenters. The average Bonchev–Trinajstić information content (AvgIpc) is 3.26. The molecule has 2 amide bonds. The molecule has 1 aromatic carbocycles. The molecular formula is C25H38N4O9. The topological polar surface area (TPSA) is 175 Å². The first-order chi connectivity index (χ1) is 17.9. The lowest BCUT2D eigenvalue weighted by atomic mass is 10.1. The van der Waals surface area contributed by atoms with Gasteiger partial charge in [-0.25, -0.2) is 0 Å². The Morgan fingerprint density at radius 3 is 2.26 bits per heavy atom. The molecule has 0 fully saturated rings. The van der Waals surface area contributed by atoms with Gasteiger partial charge in [0.15, 0.2) is 5.78 Å². The molecule has 0 aliphatic carbocycles. The summed E-state index contributed by atoms with van der Waals surface area (Å²) in [7, 11) is 1.59. The number of amides is 2. The first-order valence-electron chi connectivity index (χ1n) is 12.0. The van der Waals surface area contributed by atoms with E-state index in [9.17, 15) is 19.2 Å². The zero-order valence-corrected chi connectivity index (χ0v) is 22.5. The number of carboxylic acids is 2. The quantitative estimate of drug-likeness (QED) is 0.248. The van der Waals surface area contributed by atoms with E-state index in [2.05, 4.69) is 24.3 Å². The number of ketones is 1. The van der Waals surface area contributed by atoms with E-state index in [0.717, 1.165) is 6.92 Å². The van der Waals surface area contributed by atoms with Gasteiger partial charge in [0.25, 0.3) is 5.97 Å². The van der Waals surface area contributed by atoms with Crippen LogP contribution in [0.3, 0.4) is 0 Å². The minimum Gasteiger partial charge on any atom is -0.486 e. The molecule has 0 saturated heterocycles. The second-order valence-corrected chi connectivity index (χ2v) is 8.36. The van der Waals surface area contributed by atoms with Crippen LogP contribution in [0.2, 0.25) is 0 Å². The number of carbonyl (C=O) groups excluding carboxylic acids is 3. The average molecular weight is 539 g/mol. The second kappa shape index (κ2) is 18.3. The number of carbonyl (C=O) groups is 5. The molecule has 2 rings (SSSR count). The summed E-state index contributed by atoms with van der Waals surface area (Å²) in [5.41, 5.74) is -0.523. The number of hydrogen-bond acceptors (Lipinski definition) is 9. The maximum atomic E-state index is 12.2. The molecule has 212 valence electrons. The molecule has 0 saturated carbocycles. The van der Waals surface area contributed by atoms with Crippen LogP contribution in [0.1, 0.15) is 53.4 Å². The number of nitrogens with zero attached hydrogens (tertiary/aromatic N) is 3. The summed E-state index contributed by atoms with van der Waals surface area (Å²) >= 11 is 0. The Hall–Kier alpha value is -4.00. The third-order valence-corrected chi connectivity index (χ3v) is 4.63. The maximum absolute atomic E-state index is 12.2. The summed E-state index contributed by atoms with van der Waals surface area (Å²) < 4.78 is 5.41. The first-order valence-corrected chi connectivity index (χ1v) is 12.0. The van der Waals surface area contributed by atoms with Crippen LogP contribution in [0.4, 0.5) is 0 Å². The van der Waals surface area contributed by atoms with Crippen LogP contribution in [-0.2, 0) is 28.8 Å². The van der Waals surface area contributed by atoms with Crippen LogP contribution in [-0.4, -0.2) is 88.5 Å². The number of rotatable bonds is 13. The van der Waals surface area contributed by atoms with Gasteiger partial charge in [0.2, 0.25) is 18.0 Å². The Morgan fingerprint density at radius 2 is 1.74 bits per heavy atom. The van der Waals surface area contributed by atoms with E-state index in [4.69, 9.17) is 24.6 Å². The lowest BCUT2D eigenvalue weighted by Crippen LogP contribution is -2.55. The van der Waals surface area contributed by atoms with Gasteiger partial charge in [0, 0.05) is 26.8 Å². The van der Waals surface area contributed by atoms with Crippen LogP contribution in [0, 0.1) is 0 Å². The predicted molar refractivity (Wildman–Crippen MR) is 138 cm³/mol. The van der Waals surface area contributed by atoms with Crippen LogP contribution < -0.4 is 10.1 Å². The normalized spacial score (nSPS) is 15.4. The van der Waals surface area contributed by atoms with Crippen LogP contribution in [0.5, 0.6) is 5.75 Å². The van der Waals surface area contributed by atoms with Crippen molar-refractivity contribution < 1.29 is 43.8 Å². The van der Waals surface area contributed by atoms with Gasteiger partial charge in [-0.1, -0.05) is 43.6 Å². The van der Waals surface area contributed by atoms with Crippen molar-refractivity contribution in [2.45, 2.75) is 59.1 Å². The summed E-state index contributed by atoms with van der Waals surface area (Å²) in [4.78, 5) is 60.5. The number of hydrogen-bond donors (Lipinski definition) is 3. The highest BCUT2D eigenvalue weighted by Gasteiger charge is 2.41. The van der Waals surface area contributed by atoms with Gasteiger partial charge in [-0.3, -0.25) is 29.0 Å². The number of hydrazine groups is 1. The van der Waals surface area contributed by atoms with Crippen LogP contribution >= 0.6 is 0 Å². The van der Waals surface area contributed by atoms with Crippen molar-refractivity contribution in [3.8, 4) is 5.75 Å². The standard InChI is InChI=1S/C20H26N4O7.C3H8.C2H4O2/c1-20(10-15(22-31-20)11-21-18(27)8-9-19(28)29)23(2)24(14-25)12-16(26)13-30-17-6-4-3-5-7-17;1-3-2;1-2(3)4/h3-7,14H,8-13H2,1-2H3,(H,21,27)(H,28,29);3H2,1-2H3;1H3,(H,3,4). The second-order valence-electron chi connectivity index (χ2n) is 8.36. The molecule has 0 aromatic heterocycles. The minimum absolute atomic E-state index is 0.0901.